The van der Waals surface area contributed by atoms with Crippen LogP contribution in [0.15, 0.2) is 95.8 Å². The van der Waals surface area contributed by atoms with E-state index in [-0.39, 0.29) is 23.8 Å². The number of hydrogen-bond donors (Lipinski definition) is 0. The fourth-order valence-corrected chi connectivity index (χ4v) is 4.61. The van der Waals surface area contributed by atoms with Crippen molar-refractivity contribution in [3.8, 4) is 5.69 Å². The van der Waals surface area contributed by atoms with Crippen LogP contribution in [-0.4, -0.2) is 10.5 Å². The Labute approximate surface area is 191 Å². The van der Waals surface area contributed by atoms with Crippen LogP contribution in [-0.2, 0) is 4.79 Å². The van der Waals surface area contributed by atoms with Gasteiger partial charge in [0.1, 0.15) is 0 Å². The first-order chi connectivity index (χ1) is 15.5. The van der Waals surface area contributed by atoms with Gasteiger partial charge in [-0.3, -0.25) is 19.1 Å². The number of aromatic nitrogens is 1. The van der Waals surface area contributed by atoms with Gasteiger partial charge in [0, 0.05) is 34.4 Å². The van der Waals surface area contributed by atoms with Gasteiger partial charge in [0.15, 0.2) is 0 Å². The first-order valence-electron chi connectivity index (χ1n) is 10.5. The summed E-state index contributed by atoms with van der Waals surface area (Å²) in [4.78, 5) is 29.0. The van der Waals surface area contributed by atoms with Gasteiger partial charge in [-0.2, -0.15) is 0 Å². The number of amides is 1. The molecule has 5 heteroatoms. The molecule has 1 aliphatic heterocycles. The smallest absolute Gasteiger partial charge is 0.261 e. The predicted octanol–water partition coefficient (Wildman–Crippen LogP) is 6.00. The number of carbonyl (C=O) groups is 1. The van der Waals surface area contributed by atoms with Gasteiger partial charge in [-0.25, -0.2) is 0 Å². The number of hydrogen-bond acceptors (Lipinski definition) is 2. The Hall–Kier alpha value is -3.63. The first-order valence-corrected chi connectivity index (χ1v) is 10.9. The summed E-state index contributed by atoms with van der Waals surface area (Å²) in [6.45, 7) is 1.90. The molecule has 1 amide bonds. The van der Waals surface area contributed by atoms with Crippen LogP contribution in [0.3, 0.4) is 0 Å². The lowest BCUT2D eigenvalue weighted by atomic mass is 9.84. The molecule has 1 aliphatic rings. The summed E-state index contributed by atoms with van der Waals surface area (Å²) in [5.41, 5.74) is 4.37. The topological polar surface area (TPSA) is 42.3 Å². The van der Waals surface area contributed by atoms with Gasteiger partial charge in [-0.15, -0.1) is 0 Å². The number of aryl methyl sites for hydroxylation is 1. The van der Waals surface area contributed by atoms with Crippen molar-refractivity contribution in [3.63, 3.8) is 0 Å². The van der Waals surface area contributed by atoms with E-state index in [1.807, 2.05) is 85.8 Å². The second kappa shape index (κ2) is 8.13. The average Bonchev–Trinajstić information content (AvgIpc) is 2.80. The summed E-state index contributed by atoms with van der Waals surface area (Å²) in [5.74, 6) is -0.391. The number of fused-ring (bicyclic) bond motifs is 1. The third kappa shape index (κ3) is 3.43. The van der Waals surface area contributed by atoms with Gasteiger partial charge in [0.05, 0.1) is 11.3 Å². The molecule has 0 spiro atoms. The number of anilines is 2. The summed E-state index contributed by atoms with van der Waals surface area (Å²) in [5, 5.41) is 0.618. The van der Waals surface area contributed by atoms with Crippen LogP contribution in [0.4, 0.5) is 11.4 Å². The fraction of sp³-hybridized carbons (Fsp3) is 0.111. The Morgan fingerprint density at radius 2 is 1.41 bits per heavy atom. The molecule has 0 saturated carbocycles. The molecule has 158 valence electrons. The standard InChI is InChI=1S/C27H21ClN2O2/c1-18-16-24-26(27(32)29(18)21-8-4-2-5-9-21)23(19-12-14-20(28)15-13-19)17-25(31)30(24)22-10-6-3-7-11-22/h2-16,23H,17H2,1H3. The normalized spacial score (nSPS) is 15.5. The number of para-hydroxylation sites is 2. The fourth-order valence-electron chi connectivity index (χ4n) is 4.48. The number of halogens is 1. The molecule has 3 aromatic carbocycles. The quantitative estimate of drug-likeness (QED) is 0.392. The lowest BCUT2D eigenvalue weighted by Crippen LogP contribution is -2.39. The maximum absolute atomic E-state index is 14.0. The molecule has 0 radical (unpaired) electrons. The van der Waals surface area contributed by atoms with E-state index < -0.39 is 0 Å². The van der Waals surface area contributed by atoms with Gasteiger partial charge < -0.3 is 0 Å². The zero-order valence-corrected chi connectivity index (χ0v) is 18.3. The molecule has 0 saturated heterocycles. The molecule has 1 aromatic heterocycles. The lowest BCUT2D eigenvalue weighted by molar-refractivity contribution is -0.118. The number of carbonyl (C=O) groups excluding carboxylic acids is 1. The number of nitrogens with zero attached hydrogens (tertiary/aromatic N) is 2. The third-order valence-electron chi connectivity index (χ3n) is 5.93. The highest BCUT2D eigenvalue weighted by Crippen LogP contribution is 2.42. The highest BCUT2D eigenvalue weighted by molar-refractivity contribution is 6.30. The Bertz CT molecular complexity index is 1350. The summed E-state index contributed by atoms with van der Waals surface area (Å²) >= 11 is 6.10. The van der Waals surface area contributed by atoms with Crippen LogP contribution in [0, 0.1) is 6.92 Å². The van der Waals surface area contributed by atoms with Gasteiger partial charge in [-0.1, -0.05) is 60.1 Å². The van der Waals surface area contributed by atoms with Gasteiger partial charge in [-0.05, 0) is 55.0 Å². The molecule has 0 N–H and O–H groups in total. The third-order valence-corrected chi connectivity index (χ3v) is 6.18. The van der Waals surface area contributed by atoms with Crippen molar-refractivity contribution < 1.29 is 4.79 Å². The van der Waals surface area contributed by atoms with E-state index >= 15 is 0 Å². The molecule has 2 heterocycles. The average molecular weight is 441 g/mol. The van der Waals surface area contributed by atoms with Crippen LogP contribution in [0.1, 0.15) is 29.2 Å². The van der Waals surface area contributed by atoms with Crippen molar-refractivity contribution in [1.82, 2.24) is 4.57 Å². The minimum absolute atomic E-state index is 0.0417. The molecular weight excluding hydrogens is 420 g/mol. The van der Waals surface area contributed by atoms with Crippen molar-refractivity contribution in [2.24, 2.45) is 0 Å². The van der Waals surface area contributed by atoms with E-state index in [9.17, 15) is 9.59 Å². The zero-order valence-electron chi connectivity index (χ0n) is 17.5. The van der Waals surface area contributed by atoms with Crippen LogP contribution in [0.5, 0.6) is 0 Å². The summed E-state index contributed by atoms with van der Waals surface area (Å²) in [6.07, 6.45) is 0.205. The highest BCUT2D eigenvalue weighted by Gasteiger charge is 2.36. The van der Waals surface area contributed by atoms with E-state index in [0.717, 1.165) is 22.6 Å². The van der Waals surface area contributed by atoms with Crippen molar-refractivity contribution >= 4 is 28.9 Å². The number of pyridine rings is 1. The van der Waals surface area contributed by atoms with E-state index in [4.69, 9.17) is 11.6 Å². The minimum atomic E-state index is -0.349. The van der Waals surface area contributed by atoms with Crippen LogP contribution in [0.2, 0.25) is 5.02 Å². The monoisotopic (exact) mass is 440 g/mol. The van der Waals surface area contributed by atoms with E-state index in [1.165, 1.54) is 0 Å². The summed E-state index contributed by atoms with van der Waals surface area (Å²) in [7, 11) is 0. The summed E-state index contributed by atoms with van der Waals surface area (Å²) in [6, 6.07) is 28.4. The van der Waals surface area contributed by atoms with Crippen molar-refractivity contribution in [1.29, 1.82) is 0 Å². The van der Waals surface area contributed by atoms with Crippen LogP contribution in [0.25, 0.3) is 5.69 Å². The SMILES string of the molecule is Cc1cc2c(c(=O)n1-c1ccccc1)C(c1ccc(Cl)cc1)CC(=O)N2c1ccccc1. The van der Waals surface area contributed by atoms with Gasteiger partial charge in [0.2, 0.25) is 5.91 Å². The van der Waals surface area contributed by atoms with E-state index in [1.54, 1.807) is 21.6 Å². The molecule has 0 bridgehead atoms. The zero-order chi connectivity index (χ0) is 22.2. The molecule has 5 rings (SSSR count). The Morgan fingerprint density at radius 1 is 0.812 bits per heavy atom. The molecule has 1 atom stereocenters. The van der Waals surface area contributed by atoms with E-state index in [0.29, 0.717) is 16.3 Å². The predicted molar refractivity (Wildman–Crippen MR) is 128 cm³/mol. The molecular formula is C27H21ClN2O2. The van der Waals surface area contributed by atoms with E-state index in [2.05, 4.69) is 0 Å². The lowest BCUT2D eigenvalue weighted by Gasteiger charge is -2.35. The Balaban J connectivity index is 1.79. The van der Waals surface area contributed by atoms with Crippen LogP contribution >= 0.6 is 11.6 Å². The largest absolute Gasteiger partial charge is 0.281 e. The maximum atomic E-state index is 14.0. The first kappa shape index (κ1) is 20.3. The molecule has 0 aliphatic carbocycles. The molecule has 0 fully saturated rings. The van der Waals surface area contributed by atoms with Crippen molar-refractivity contribution in [3.05, 3.63) is 123 Å². The van der Waals surface area contributed by atoms with Crippen molar-refractivity contribution in [2.75, 3.05) is 4.90 Å². The molecule has 4 nitrogen and oxygen atoms in total. The Kier molecular flexibility index (Phi) is 5.16. The second-order valence-corrected chi connectivity index (χ2v) is 8.37. The second-order valence-electron chi connectivity index (χ2n) is 7.93. The van der Waals surface area contributed by atoms with Crippen LogP contribution < -0.4 is 10.5 Å². The highest BCUT2D eigenvalue weighted by atomic mass is 35.5. The Morgan fingerprint density at radius 3 is 2.03 bits per heavy atom. The van der Waals surface area contributed by atoms with Gasteiger partial charge in [0.25, 0.3) is 5.56 Å². The number of benzene rings is 3. The van der Waals surface area contributed by atoms with Gasteiger partial charge >= 0.3 is 0 Å². The minimum Gasteiger partial charge on any atom is -0.281 e. The number of rotatable bonds is 3. The molecule has 1 unspecified atom stereocenters. The molecule has 32 heavy (non-hydrogen) atoms. The van der Waals surface area contributed by atoms with Crippen molar-refractivity contribution in [2.45, 2.75) is 19.3 Å². The molecule has 4 aromatic rings. The summed E-state index contributed by atoms with van der Waals surface area (Å²) < 4.78 is 1.72. The maximum Gasteiger partial charge on any atom is 0.261 e.